The average Bonchev–Trinajstić information content (AvgIpc) is 1.59. The molecule has 8 heavy (non-hydrogen) atoms. The molecule has 0 aromatic heterocycles. The minimum atomic E-state index is -2.19. The Morgan fingerprint density at radius 2 is 2.25 bits per heavy atom. The van der Waals surface area contributed by atoms with Gasteiger partial charge in [0.15, 0.2) is 0 Å². The van der Waals surface area contributed by atoms with E-state index in [9.17, 15) is 4.21 Å². The summed E-state index contributed by atoms with van der Waals surface area (Å²) >= 11 is 0. The molecule has 0 spiro atoms. The van der Waals surface area contributed by atoms with Crippen LogP contribution in [0.3, 0.4) is 0 Å². The van der Waals surface area contributed by atoms with E-state index in [0.717, 1.165) is 13.0 Å². The third-order valence-corrected chi connectivity index (χ3v) is 1.42. The van der Waals surface area contributed by atoms with E-state index in [1.807, 2.05) is 6.92 Å². The summed E-state index contributed by atoms with van der Waals surface area (Å²) in [5.41, 5.74) is 0. The van der Waals surface area contributed by atoms with Crippen LogP contribution in [0.25, 0.3) is 0 Å². The molecule has 0 aliphatic heterocycles. The average molecular weight is 132 g/mol. The van der Waals surface area contributed by atoms with Crippen LogP contribution in [0, 0.1) is 0 Å². The Balaban J connectivity index is 3.42. The van der Waals surface area contributed by atoms with Gasteiger partial charge in [0.05, 0.1) is 0 Å². The van der Waals surface area contributed by atoms with Crippen LogP contribution in [0.4, 0.5) is 0 Å². The van der Waals surface area contributed by atoms with Gasteiger partial charge in [-0.2, -0.15) is 0 Å². The van der Waals surface area contributed by atoms with Gasteiger partial charge in [-0.15, -0.1) is 0 Å². The fraction of sp³-hybridized carbons (Fsp3) is 1.00. The van der Waals surface area contributed by atoms with Crippen LogP contribution in [0.5, 0.6) is 0 Å². The first-order chi connectivity index (χ1) is 3.56. The molecule has 0 aliphatic carbocycles. The zero-order valence-corrected chi connectivity index (χ0v) is 6.12. The summed E-state index contributed by atoms with van der Waals surface area (Å²) in [6.07, 6.45) is 2.45. The van der Waals surface area contributed by atoms with Gasteiger partial charge in [0, 0.05) is 0 Å². The second-order valence-electron chi connectivity index (χ2n) is 1.80. The van der Waals surface area contributed by atoms with Gasteiger partial charge >= 0.3 is 51.3 Å². The van der Waals surface area contributed by atoms with Crippen molar-refractivity contribution in [2.45, 2.75) is 13.3 Å². The Morgan fingerprint density at radius 1 is 1.75 bits per heavy atom. The van der Waals surface area contributed by atoms with Gasteiger partial charge < -0.3 is 0 Å². The molecule has 4 heteroatoms. The normalized spacial score (nSPS) is 17.6. The summed E-state index contributed by atoms with van der Waals surface area (Å²) < 4.78 is 13.3. The quantitative estimate of drug-likeness (QED) is 0.533. The second kappa shape index (κ2) is 3.25. The first-order valence-corrected chi connectivity index (χ1v) is 4.60. The van der Waals surface area contributed by atoms with E-state index in [4.69, 9.17) is 6.72 Å². The van der Waals surface area contributed by atoms with Crippen molar-refractivity contribution < 1.29 is 4.21 Å². The van der Waals surface area contributed by atoms with Crippen LogP contribution in [-0.4, -0.2) is 23.7 Å². The molecule has 1 N–H and O–H groups in total. The molecule has 0 aliphatic rings. The second-order valence-corrected chi connectivity index (χ2v) is 3.89. The zero-order chi connectivity index (χ0) is 6.62. The van der Waals surface area contributed by atoms with E-state index in [1.54, 1.807) is 0 Å². The van der Waals surface area contributed by atoms with Gasteiger partial charge in [0.25, 0.3) is 0 Å². The molecule has 0 saturated heterocycles. The van der Waals surface area contributed by atoms with Crippen LogP contribution < -0.4 is 4.72 Å². The molecule has 0 heterocycles. The Bertz CT molecular complexity index is 140. The maximum absolute atomic E-state index is 10.6. The van der Waals surface area contributed by atoms with E-state index in [-0.39, 0.29) is 0 Å². The van der Waals surface area contributed by atoms with Crippen molar-refractivity contribution in [3.63, 3.8) is 0 Å². The molecule has 0 amide bonds. The first-order valence-electron chi connectivity index (χ1n) is 2.58. The molecular formula is C4H11BNOS. The standard InChI is InChI=1S/C4H11BNOS/c1-3-4-6-8(2,5)7/h3-4H2,1-2H3,(H,6,7). The van der Waals surface area contributed by atoms with Crippen molar-refractivity contribution in [3.05, 3.63) is 0 Å². The Kier molecular flexibility index (Phi) is 3.32. The summed E-state index contributed by atoms with van der Waals surface area (Å²) in [6, 6.07) is 0. The number of hydrogen-bond acceptors (Lipinski definition) is 1. The zero-order valence-electron chi connectivity index (χ0n) is 5.31. The summed E-state index contributed by atoms with van der Waals surface area (Å²) in [7, 11) is -2.19. The molecule has 0 rings (SSSR count). The van der Waals surface area contributed by atoms with Crippen molar-refractivity contribution >= 4 is 16.3 Å². The molecule has 1 unspecified atom stereocenters. The van der Waals surface area contributed by atoms with E-state index in [1.165, 1.54) is 6.26 Å². The maximum atomic E-state index is 10.6. The molecular weight excluding hydrogens is 121 g/mol. The van der Waals surface area contributed by atoms with Gasteiger partial charge in [0.1, 0.15) is 0 Å². The van der Waals surface area contributed by atoms with Crippen molar-refractivity contribution in [1.29, 1.82) is 0 Å². The molecule has 0 aromatic carbocycles. The molecule has 0 fully saturated rings. The fourth-order valence-corrected chi connectivity index (χ4v) is 0.914. The molecule has 1 radical (unpaired) electrons. The number of nitrogens with one attached hydrogen (secondary N) is 1. The predicted octanol–water partition coefficient (Wildman–Crippen LogP) is -0.101. The first kappa shape index (κ1) is 8.17. The molecule has 47 valence electrons. The van der Waals surface area contributed by atoms with E-state index in [0.29, 0.717) is 0 Å². The van der Waals surface area contributed by atoms with Gasteiger partial charge in [-0.05, 0) is 0 Å². The summed E-state index contributed by atoms with van der Waals surface area (Å²) in [6.45, 7) is 7.86. The summed E-state index contributed by atoms with van der Waals surface area (Å²) in [5, 5.41) is 0. The van der Waals surface area contributed by atoms with Crippen molar-refractivity contribution in [2.24, 2.45) is 0 Å². The molecule has 1 atom stereocenters. The van der Waals surface area contributed by atoms with Gasteiger partial charge in [-0.25, -0.2) is 0 Å². The Labute approximate surface area is 52.1 Å². The number of hydrogen-bond donors (Lipinski definition) is 1. The predicted molar refractivity (Wildman–Crippen MR) is 38.1 cm³/mol. The summed E-state index contributed by atoms with van der Waals surface area (Å²) in [4.78, 5) is 0. The molecule has 0 bridgehead atoms. The van der Waals surface area contributed by atoms with Crippen LogP contribution in [0.15, 0.2) is 0 Å². The van der Waals surface area contributed by atoms with Crippen LogP contribution in [0.1, 0.15) is 13.3 Å². The van der Waals surface area contributed by atoms with Crippen molar-refractivity contribution in [1.82, 2.24) is 4.72 Å². The van der Waals surface area contributed by atoms with Gasteiger partial charge in [0.2, 0.25) is 0 Å². The number of rotatable bonds is 3. The molecule has 0 aromatic rings. The van der Waals surface area contributed by atoms with Gasteiger partial charge in [-0.3, -0.25) is 0 Å². The molecule has 0 saturated carbocycles. The van der Waals surface area contributed by atoms with Gasteiger partial charge in [-0.1, -0.05) is 0 Å². The van der Waals surface area contributed by atoms with Crippen molar-refractivity contribution in [2.75, 3.05) is 12.8 Å². The van der Waals surface area contributed by atoms with E-state index >= 15 is 0 Å². The summed E-state index contributed by atoms with van der Waals surface area (Å²) in [5.74, 6) is 0. The Morgan fingerprint density at radius 3 is 2.38 bits per heavy atom. The fourth-order valence-electron chi connectivity index (χ4n) is 0.305. The van der Waals surface area contributed by atoms with E-state index < -0.39 is 9.55 Å². The molecule has 2 nitrogen and oxygen atoms in total. The van der Waals surface area contributed by atoms with Crippen LogP contribution in [-0.2, 0) is 9.55 Å². The minimum absolute atomic E-state index is 0.728. The van der Waals surface area contributed by atoms with Crippen molar-refractivity contribution in [3.8, 4) is 0 Å². The third-order valence-electron chi connectivity index (χ3n) is 0.639. The van der Waals surface area contributed by atoms with E-state index in [2.05, 4.69) is 4.72 Å². The topological polar surface area (TPSA) is 29.1 Å². The SMILES string of the molecule is [B]=S(C)(=O)NCCC. The monoisotopic (exact) mass is 132 g/mol. The van der Waals surface area contributed by atoms with Crippen LogP contribution in [0.2, 0.25) is 0 Å². The Hall–Kier alpha value is 0.175. The third kappa shape index (κ3) is 6.17. The van der Waals surface area contributed by atoms with Crippen LogP contribution >= 0.6 is 0 Å².